The summed E-state index contributed by atoms with van der Waals surface area (Å²) in [6.45, 7) is 0. The maximum atomic E-state index is 9.49. The summed E-state index contributed by atoms with van der Waals surface area (Å²) < 4.78 is 3.38. The minimum atomic E-state index is 0.179. The first kappa shape index (κ1) is 10.1. The molecule has 1 N–H and O–H groups in total. The highest BCUT2D eigenvalue weighted by molar-refractivity contribution is 5.92. The zero-order valence-electron chi connectivity index (χ0n) is 9.80. The molecular formula is C13H9N5O. The zero-order valence-corrected chi connectivity index (χ0v) is 9.80. The molecule has 0 aliphatic heterocycles. The van der Waals surface area contributed by atoms with Crippen LogP contribution in [0.2, 0.25) is 0 Å². The Hall–Kier alpha value is -2.89. The van der Waals surface area contributed by atoms with Crippen LogP contribution in [0.15, 0.2) is 49.1 Å². The van der Waals surface area contributed by atoms with Gasteiger partial charge in [0.2, 0.25) is 0 Å². The monoisotopic (exact) mass is 251 g/mol. The van der Waals surface area contributed by atoms with Gasteiger partial charge >= 0.3 is 0 Å². The van der Waals surface area contributed by atoms with E-state index in [-0.39, 0.29) is 5.75 Å². The van der Waals surface area contributed by atoms with Gasteiger partial charge in [-0.05, 0) is 24.3 Å². The average molecular weight is 251 g/mol. The topological polar surface area (TPSA) is 68.2 Å². The smallest absolute Gasteiger partial charge is 0.185 e. The van der Waals surface area contributed by atoms with Gasteiger partial charge in [-0.3, -0.25) is 4.98 Å². The first-order valence-corrected chi connectivity index (χ1v) is 5.78. The Morgan fingerprint density at radius 3 is 2.89 bits per heavy atom. The van der Waals surface area contributed by atoms with Crippen LogP contribution in [-0.4, -0.2) is 29.5 Å². The molecule has 0 aliphatic carbocycles. The summed E-state index contributed by atoms with van der Waals surface area (Å²) >= 11 is 0. The summed E-state index contributed by atoms with van der Waals surface area (Å²) in [6.07, 6.45) is 6.78. The fourth-order valence-electron chi connectivity index (χ4n) is 2.16. The summed E-state index contributed by atoms with van der Waals surface area (Å²) in [5, 5.41) is 19.2. The maximum absolute atomic E-state index is 9.49. The highest BCUT2D eigenvalue weighted by atomic mass is 16.3. The molecule has 0 unspecified atom stereocenters. The largest absolute Gasteiger partial charge is 0.506 e. The standard InChI is InChI=1S/C13H9N5O/c19-10-3-4-12-11-7-15-18(9-2-1-5-14-6-9)13(11)16-17(12)8-10/h1-8,19H. The van der Waals surface area contributed by atoms with Gasteiger partial charge in [0.1, 0.15) is 5.75 Å². The molecule has 6 heteroatoms. The average Bonchev–Trinajstić information content (AvgIpc) is 2.97. The molecule has 6 nitrogen and oxygen atoms in total. The van der Waals surface area contributed by atoms with Gasteiger partial charge in [-0.2, -0.15) is 5.10 Å². The van der Waals surface area contributed by atoms with Crippen molar-refractivity contribution in [3.05, 3.63) is 49.1 Å². The number of hydrogen-bond donors (Lipinski definition) is 1. The highest BCUT2D eigenvalue weighted by Gasteiger charge is 2.12. The quantitative estimate of drug-likeness (QED) is 0.560. The second-order valence-electron chi connectivity index (χ2n) is 4.22. The number of pyridine rings is 2. The van der Waals surface area contributed by atoms with Crippen LogP contribution in [0.5, 0.6) is 5.75 Å². The van der Waals surface area contributed by atoms with Crippen molar-refractivity contribution in [1.82, 2.24) is 24.4 Å². The third kappa shape index (κ3) is 1.40. The third-order valence-electron chi connectivity index (χ3n) is 3.03. The normalized spacial score (nSPS) is 11.4. The molecule has 0 amide bonds. The number of aromatic hydroxyl groups is 1. The van der Waals surface area contributed by atoms with Crippen LogP contribution in [0.1, 0.15) is 0 Å². The van der Waals surface area contributed by atoms with Gasteiger partial charge in [-0.25, -0.2) is 9.20 Å². The van der Waals surface area contributed by atoms with Crippen molar-refractivity contribution in [3.8, 4) is 11.4 Å². The van der Waals surface area contributed by atoms with Crippen LogP contribution in [-0.2, 0) is 0 Å². The summed E-state index contributed by atoms with van der Waals surface area (Å²) in [7, 11) is 0. The molecule has 4 rings (SSSR count). The minimum Gasteiger partial charge on any atom is -0.506 e. The molecule has 4 aromatic rings. The fraction of sp³-hybridized carbons (Fsp3) is 0. The van der Waals surface area contributed by atoms with E-state index in [1.54, 1.807) is 40.1 Å². The van der Waals surface area contributed by atoms with Crippen molar-refractivity contribution in [2.24, 2.45) is 0 Å². The van der Waals surface area contributed by atoms with Crippen LogP contribution in [0.4, 0.5) is 0 Å². The Labute approximate surface area is 107 Å². The summed E-state index contributed by atoms with van der Waals surface area (Å²) in [6, 6.07) is 7.23. The van der Waals surface area contributed by atoms with Crippen LogP contribution in [0, 0.1) is 0 Å². The van der Waals surface area contributed by atoms with E-state index in [2.05, 4.69) is 15.2 Å². The van der Waals surface area contributed by atoms with E-state index in [4.69, 9.17) is 0 Å². The molecule has 0 atom stereocenters. The van der Waals surface area contributed by atoms with E-state index in [1.807, 2.05) is 18.2 Å². The molecule has 0 saturated heterocycles. The van der Waals surface area contributed by atoms with Crippen LogP contribution < -0.4 is 0 Å². The van der Waals surface area contributed by atoms with E-state index in [9.17, 15) is 5.11 Å². The molecule has 0 radical (unpaired) electrons. The van der Waals surface area contributed by atoms with Crippen molar-refractivity contribution in [2.45, 2.75) is 0 Å². The van der Waals surface area contributed by atoms with Crippen molar-refractivity contribution < 1.29 is 5.11 Å². The lowest BCUT2D eigenvalue weighted by Gasteiger charge is -1.99. The molecule has 0 spiro atoms. The Kier molecular flexibility index (Phi) is 1.88. The van der Waals surface area contributed by atoms with E-state index in [0.717, 1.165) is 22.2 Å². The number of nitrogens with zero attached hydrogens (tertiary/aromatic N) is 5. The number of aromatic nitrogens is 5. The predicted molar refractivity (Wildman–Crippen MR) is 69.3 cm³/mol. The lowest BCUT2D eigenvalue weighted by Crippen LogP contribution is -1.97. The number of hydrogen-bond acceptors (Lipinski definition) is 4. The maximum Gasteiger partial charge on any atom is 0.185 e. The molecule has 0 fully saturated rings. The van der Waals surface area contributed by atoms with Crippen LogP contribution >= 0.6 is 0 Å². The Morgan fingerprint density at radius 1 is 1.11 bits per heavy atom. The molecule has 0 aromatic carbocycles. The second kappa shape index (κ2) is 3.55. The second-order valence-corrected chi connectivity index (χ2v) is 4.22. The summed E-state index contributed by atoms with van der Waals surface area (Å²) in [5.41, 5.74) is 2.49. The van der Waals surface area contributed by atoms with Gasteiger partial charge in [0.25, 0.3) is 0 Å². The predicted octanol–water partition coefficient (Wildman–Crippen LogP) is 1.77. The molecule has 0 aliphatic rings. The van der Waals surface area contributed by atoms with Gasteiger partial charge in [-0.15, -0.1) is 5.10 Å². The van der Waals surface area contributed by atoms with Gasteiger partial charge in [0.15, 0.2) is 5.65 Å². The minimum absolute atomic E-state index is 0.179. The van der Waals surface area contributed by atoms with Crippen molar-refractivity contribution in [1.29, 1.82) is 0 Å². The molecule has 0 saturated carbocycles. The highest BCUT2D eigenvalue weighted by Crippen LogP contribution is 2.23. The molecule has 92 valence electrons. The molecule has 0 bridgehead atoms. The summed E-state index contributed by atoms with van der Waals surface area (Å²) in [4.78, 5) is 4.08. The van der Waals surface area contributed by atoms with E-state index in [1.165, 1.54) is 0 Å². The summed E-state index contributed by atoms with van der Waals surface area (Å²) in [5.74, 6) is 0.179. The van der Waals surface area contributed by atoms with Gasteiger partial charge < -0.3 is 5.11 Å². The van der Waals surface area contributed by atoms with Gasteiger partial charge in [0, 0.05) is 6.20 Å². The van der Waals surface area contributed by atoms with Crippen LogP contribution in [0.25, 0.3) is 22.2 Å². The molecular weight excluding hydrogens is 242 g/mol. The molecule has 4 aromatic heterocycles. The number of rotatable bonds is 1. The van der Waals surface area contributed by atoms with Crippen LogP contribution in [0.3, 0.4) is 0 Å². The first-order valence-electron chi connectivity index (χ1n) is 5.78. The van der Waals surface area contributed by atoms with E-state index < -0.39 is 0 Å². The van der Waals surface area contributed by atoms with E-state index in [0.29, 0.717) is 0 Å². The Morgan fingerprint density at radius 2 is 2.05 bits per heavy atom. The third-order valence-corrected chi connectivity index (χ3v) is 3.03. The van der Waals surface area contributed by atoms with Crippen molar-refractivity contribution in [2.75, 3.05) is 0 Å². The van der Waals surface area contributed by atoms with Gasteiger partial charge in [0.05, 0.1) is 35.2 Å². The molecule has 4 heterocycles. The lowest BCUT2D eigenvalue weighted by molar-refractivity contribution is 0.471. The van der Waals surface area contributed by atoms with E-state index >= 15 is 0 Å². The first-order chi connectivity index (χ1) is 9.33. The van der Waals surface area contributed by atoms with Crippen molar-refractivity contribution >= 4 is 16.6 Å². The van der Waals surface area contributed by atoms with Gasteiger partial charge in [-0.1, -0.05) is 0 Å². The number of fused-ring (bicyclic) bond motifs is 3. The SMILES string of the molecule is Oc1ccc2c3cnn(-c4cccnc4)c3nn2c1. The lowest BCUT2D eigenvalue weighted by atomic mass is 10.3. The Balaban J connectivity index is 2.06. The Bertz CT molecular complexity index is 878. The zero-order chi connectivity index (χ0) is 12.8. The van der Waals surface area contributed by atoms with Crippen molar-refractivity contribution in [3.63, 3.8) is 0 Å². The fourth-order valence-corrected chi connectivity index (χ4v) is 2.16. The molecule has 19 heavy (non-hydrogen) atoms.